The molecule has 0 atom stereocenters. The number of esters is 2. The molecule has 0 heterocycles. The normalized spacial score (nSPS) is 11.5. The predicted molar refractivity (Wildman–Crippen MR) is 208 cm³/mol. The van der Waals surface area contributed by atoms with E-state index in [1.54, 1.807) is 4.90 Å². The lowest BCUT2D eigenvalue weighted by atomic mass is 10.1. The van der Waals surface area contributed by atoms with Gasteiger partial charge in [0.05, 0.1) is 13.1 Å². The minimum atomic E-state index is -0.201. The molecule has 6 nitrogen and oxygen atoms in total. The molecule has 0 rings (SSSR count). The minimum absolute atomic E-state index is 0.0263. The average Bonchev–Trinajstić information content (AvgIpc) is 3.10. The van der Waals surface area contributed by atoms with Gasteiger partial charge in [0.1, 0.15) is 13.2 Å². The highest BCUT2D eigenvalue weighted by molar-refractivity contribution is 5.76. The van der Waals surface area contributed by atoms with E-state index in [9.17, 15) is 14.4 Å². The zero-order chi connectivity index (χ0) is 35.9. The third-order valence-corrected chi connectivity index (χ3v) is 9.19. The van der Waals surface area contributed by atoms with Gasteiger partial charge in [0, 0.05) is 19.3 Å². The Morgan fingerprint density at radius 3 is 1.06 bits per heavy atom. The molecule has 286 valence electrons. The first-order valence-electron chi connectivity index (χ1n) is 20.9. The summed E-state index contributed by atoms with van der Waals surface area (Å²) in [6.07, 6.45) is 42.4. The summed E-state index contributed by atoms with van der Waals surface area (Å²) in [6, 6.07) is 0. The molecule has 0 aliphatic rings. The summed E-state index contributed by atoms with van der Waals surface area (Å²) in [7, 11) is 0. The Kier molecular flexibility index (Phi) is 37.0. The summed E-state index contributed by atoms with van der Waals surface area (Å²) in [5, 5.41) is 0. The topological polar surface area (TPSA) is 72.9 Å². The van der Waals surface area contributed by atoms with Gasteiger partial charge in [-0.25, -0.2) is 0 Å². The maximum atomic E-state index is 12.4. The van der Waals surface area contributed by atoms with Crippen molar-refractivity contribution in [1.82, 2.24) is 4.90 Å². The fourth-order valence-electron chi connectivity index (χ4n) is 5.95. The van der Waals surface area contributed by atoms with Crippen molar-refractivity contribution >= 4 is 17.8 Å². The number of rotatable bonds is 37. The number of amides is 1. The second-order valence-electron chi connectivity index (χ2n) is 13.8. The minimum Gasteiger partial charge on any atom is -0.464 e. The molecule has 0 saturated carbocycles. The van der Waals surface area contributed by atoms with Crippen molar-refractivity contribution in [1.29, 1.82) is 0 Å². The molecular formula is C43H79NO5. The molecule has 6 heteroatoms. The Balaban J connectivity index is 3.75. The van der Waals surface area contributed by atoms with Crippen LogP contribution in [0.3, 0.4) is 0 Å². The van der Waals surface area contributed by atoms with Crippen molar-refractivity contribution in [2.75, 3.05) is 26.3 Å². The van der Waals surface area contributed by atoms with Crippen molar-refractivity contribution < 1.29 is 23.9 Å². The van der Waals surface area contributed by atoms with Crippen molar-refractivity contribution in [3.05, 3.63) is 24.3 Å². The lowest BCUT2D eigenvalue weighted by Crippen LogP contribution is -2.37. The van der Waals surface area contributed by atoms with Gasteiger partial charge < -0.3 is 14.4 Å². The Morgan fingerprint density at radius 1 is 0.429 bits per heavy atom. The van der Waals surface area contributed by atoms with Crippen LogP contribution >= 0.6 is 0 Å². The average molecular weight is 690 g/mol. The van der Waals surface area contributed by atoms with Crippen molar-refractivity contribution in [3.8, 4) is 0 Å². The smallest absolute Gasteiger partial charge is 0.305 e. The van der Waals surface area contributed by atoms with Crippen LogP contribution in [0.15, 0.2) is 24.3 Å². The van der Waals surface area contributed by atoms with E-state index in [-0.39, 0.29) is 31.1 Å². The number of nitrogens with zero attached hydrogens (tertiary/aromatic N) is 1. The summed E-state index contributed by atoms with van der Waals surface area (Å²) in [6.45, 7) is 7.35. The van der Waals surface area contributed by atoms with E-state index in [4.69, 9.17) is 9.47 Å². The molecule has 0 spiro atoms. The van der Waals surface area contributed by atoms with Crippen LogP contribution in [0.1, 0.15) is 207 Å². The van der Waals surface area contributed by atoms with E-state index in [1.165, 1.54) is 116 Å². The van der Waals surface area contributed by atoms with E-state index in [0.717, 1.165) is 51.4 Å². The van der Waals surface area contributed by atoms with Gasteiger partial charge in [-0.2, -0.15) is 0 Å². The van der Waals surface area contributed by atoms with Crippen LogP contribution in [-0.4, -0.2) is 49.0 Å². The van der Waals surface area contributed by atoms with Gasteiger partial charge in [-0.05, 0) is 64.2 Å². The summed E-state index contributed by atoms with van der Waals surface area (Å²) in [5.74, 6) is -0.428. The molecule has 0 aliphatic heterocycles. The van der Waals surface area contributed by atoms with E-state index in [2.05, 4.69) is 38.2 Å². The maximum Gasteiger partial charge on any atom is 0.305 e. The second kappa shape index (κ2) is 38.7. The van der Waals surface area contributed by atoms with E-state index in [1.807, 2.05) is 6.92 Å². The maximum absolute atomic E-state index is 12.4. The summed E-state index contributed by atoms with van der Waals surface area (Å²) in [4.78, 5) is 38.3. The van der Waals surface area contributed by atoms with E-state index < -0.39 is 0 Å². The molecular weight excluding hydrogens is 610 g/mol. The van der Waals surface area contributed by atoms with Crippen LogP contribution in [0.4, 0.5) is 0 Å². The van der Waals surface area contributed by atoms with Crippen molar-refractivity contribution in [2.45, 2.75) is 207 Å². The Bertz CT molecular complexity index is 750. The van der Waals surface area contributed by atoms with Crippen LogP contribution in [0.5, 0.6) is 0 Å². The van der Waals surface area contributed by atoms with Crippen LogP contribution in [-0.2, 0) is 23.9 Å². The highest BCUT2D eigenvalue weighted by Crippen LogP contribution is 2.12. The molecule has 0 aromatic carbocycles. The van der Waals surface area contributed by atoms with Gasteiger partial charge in [0.15, 0.2) is 0 Å². The fourth-order valence-corrected chi connectivity index (χ4v) is 5.95. The van der Waals surface area contributed by atoms with Gasteiger partial charge in [0.2, 0.25) is 5.91 Å². The Labute approximate surface area is 303 Å². The first-order chi connectivity index (χ1) is 24.0. The first-order valence-corrected chi connectivity index (χ1v) is 20.9. The SMILES string of the molecule is CCCCCCCC/C=C\CCCCCCCC(=O)OCCN(CCOC(=O)CCCCCCC/C=C\CCCCCCCC)C(=O)CC. The number of carbonyl (C=O) groups excluding carboxylic acids is 3. The largest absolute Gasteiger partial charge is 0.464 e. The molecule has 49 heavy (non-hydrogen) atoms. The van der Waals surface area contributed by atoms with E-state index >= 15 is 0 Å². The standard InChI is InChI=1S/C43H79NO5/c1-4-7-9-11-13-15-17-19-21-23-25-27-29-31-33-35-42(46)48-39-37-44(41(45)6-3)38-40-49-43(47)36-34-32-30-28-26-24-22-20-18-16-14-12-10-8-5-2/h19-22H,4-18,23-40H2,1-3H3/b21-19-,22-20-. The number of hydrogen-bond donors (Lipinski definition) is 0. The molecule has 0 radical (unpaired) electrons. The number of carbonyl (C=O) groups is 3. The Hall–Kier alpha value is -2.11. The number of ether oxygens (including phenoxy) is 2. The lowest BCUT2D eigenvalue weighted by Gasteiger charge is -2.22. The first kappa shape index (κ1) is 46.9. The summed E-state index contributed by atoms with van der Waals surface area (Å²) >= 11 is 0. The molecule has 0 unspecified atom stereocenters. The number of hydrogen-bond acceptors (Lipinski definition) is 5. The van der Waals surface area contributed by atoms with Crippen LogP contribution < -0.4 is 0 Å². The number of unbranched alkanes of at least 4 members (excludes halogenated alkanes) is 22. The summed E-state index contributed by atoms with van der Waals surface area (Å²) in [5.41, 5.74) is 0. The van der Waals surface area contributed by atoms with Gasteiger partial charge >= 0.3 is 11.9 Å². The second-order valence-corrected chi connectivity index (χ2v) is 13.8. The third-order valence-electron chi connectivity index (χ3n) is 9.19. The summed E-state index contributed by atoms with van der Waals surface area (Å²) < 4.78 is 10.8. The van der Waals surface area contributed by atoms with Gasteiger partial charge in [0.25, 0.3) is 0 Å². The fraction of sp³-hybridized carbons (Fsp3) is 0.837. The molecule has 0 aromatic rings. The van der Waals surface area contributed by atoms with Crippen LogP contribution in [0.25, 0.3) is 0 Å². The molecule has 0 N–H and O–H groups in total. The molecule has 0 saturated heterocycles. The Morgan fingerprint density at radius 2 is 0.735 bits per heavy atom. The van der Waals surface area contributed by atoms with Crippen molar-refractivity contribution in [2.24, 2.45) is 0 Å². The molecule has 0 aliphatic carbocycles. The van der Waals surface area contributed by atoms with Gasteiger partial charge in [-0.3, -0.25) is 14.4 Å². The highest BCUT2D eigenvalue weighted by atomic mass is 16.5. The molecule has 1 amide bonds. The van der Waals surface area contributed by atoms with Gasteiger partial charge in [-0.15, -0.1) is 0 Å². The quantitative estimate of drug-likeness (QED) is 0.0369. The lowest BCUT2D eigenvalue weighted by molar-refractivity contribution is -0.147. The van der Waals surface area contributed by atoms with Crippen LogP contribution in [0.2, 0.25) is 0 Å². The zero-order valence-corrected chi connectivity index (χ0v) is 32.6. The predicted octanol–water partition coefficient (Wildman–Crippen LogP) is 12.4. The molecule has 0 aromatic heterocycles. The van der Waals surface area contributed by atoms with E-state index in [0.29, 0.717) is 32.4 Å². The van der Waals surface area contributed by atoms with Crippen molar-refractivity contribution in [3.63, 3.8) is 0 Å². The highest BCUT2D eigenvalue weighted by Gasteiger charge is 2.14. The third kappa shape index (κ3) is 35.5. The van der Waals surface area contributed by atoms with Crippen LogP contribution in [0, 0.1) is 0 Å². The van der Waals surface area contributed by atoms with Gasteiger partial charge in [-0.1, -0.05) is 148 Å². The molecule has 0 bridgehead atoms. The monoisotopic (exact) mass is 690 g/mol. The zero-order valence-electron chi connectivity index (χ0n) is 32.6. The number of allylic oxidation sites excluding steroid dienone is 4. The molecule has 0 fully saturated rings.